The minimum Gasteiger partial charge on any atom is -0.455 e. The predicted molar refractivity (Wildman–Crippen MR) is 243 cm³/mol. The third-order valence-corrected chi connectivity index (χ3v) is 12.6. The molecule has 0 unspecified atom stereocenters. The topological polar surface area (TPSA) is 21.3 Å². The lowest BCUT2D eigenvalue weighted by Crippen LogP contribution is -2.17. The van der Waals surface area contributed by atoms with Crippen molar-refractivity contribution in [2.45, 2.75) is 19.3 Å². The summed E-state index contributed by atoms with van der Waals surface area (Å²) in [5.41, 5.74) is 15.9. The van der Waals surface area contributed by atoms with E-state index in [-0.39, 0.29) is 5.41 Å². The molecule has 0 N–H and O–H groups in total. The molecule has 0 saturated heterocycles. The lowest BCUT2D eigenvalue weighted by Gasteiger charge is -2.30. The van der Waals surface area contributed by atoms with Gasteiger partial charge in [0.2, 0.25) is 0 Å². The lowest BCUT2D eigenvalue weighted by atomic mass is 9.82. The van der Waals surface area contributed by atoms with Gasteiger partial charge >= 0.3 is 0 Å². The number of hydrogen-bond donors (Lipinski definition) is 0. The van der Waals surface area contributed by atoms with Crippen LogP contribution in [0.5, 0.6) is 0 Å². The van der Waals surface area contributed by atoms with Gasteiger partial charge in [0.1, 0.15) is 11.2 Å². The van der Waals surface area contributed by atoms with E-state index < -0.39 is 0 Å². The van der Waals surface area contributed by atoms with Crippen LogP contribution in [0.15, 0.2) is 199 Å². The molecule has 2 heterocycles. The molecule has 0 bridgehead atoms. The van der Waals surface area contributed by atoms with Crippen molar-refractivity contribution in [2.75, 3.05) is 4.90 Å². The second-order valence-corrected chi connectivity index (χ2v) is 16.1. The third-order valence-electron chi connectivity index (χ3n) is 12.6. The molecule has 3 heteroatoms. The zero-order valence-corrected chi connectivity index (χ0v) is 32.3. The van der Waals surface area contributed by atoms with Crippen molar-refractivity contribution in [2.24, 2.45) is 0 Å². The molecule has 1 aliphatic carbocycles. The molecule has 0 aliphatic heterocycles. The molecule has 2 aromatic heterocycles. The summed E-state index contributed by atoms with van der Waals surface area (Å²) in [5.74, 6) is 0. The van der Waals surface area contributed by atoms with E-state index in [1.807, 2.05) is 0 Å². The minimum atomic E-state index is -0.151. The Balaban J connectivity index is 1.10. The van der Waals surface area contributed by atoms with Crippen LogP contribution in [0.3, 0.4) is 0 Å². The molecule has 0 fully saturated rings. The predicted octanol–water partition coefficient (Wildman–Crippen LogP) is 15.3. The summed E-state index contributed by atoms with van der Waals surface area (Å²) in [6, 6.07) is 70.7. The Hall–Kier alpha value is -7.36. The van der Waals surface area contributed by atoms with E-state index in [1.165, 1.54) is 54.8 Å². The quantitative estimate of drug-likeness (QED) is 0.175. The van der Waals surface area contributed by atoms with Gasteiger partial charge in [-0.3, -0.25) is 0 Å². The summed E-state index contributed by atoms with van der Waals surface area (Å²) < 4.78 is 9.25. The van der Waals surface area contributed by atoms with Crippen LogP contribution in [0, 0.1) is 0 Å². The summed E-state index contributed by atoms with van der Waals surface area (Å²) in [6.07, 6.45) is 0. The molecule has 0 amide bonds. The zero-order valence-electron chi connectivity index (χ0n) is 32.3. The number of anilines is 3. The van der Waals surface area contributed by atoms with Gasteiger partial charge in [-0.15, -0.1) is 0 Å². The molecule has 0 spiro atoms. The van der Waals surface area contributed by atoms with Crippen molar-refractivity contribution in [1.82, 2.24) is 4.57 Å². The maximum Gasteiger partial charge on any atom is 0.143 e. The van der Waals surface area contributed by atoms with Crippen molar-refractivity contribution in [1.29, 1.82) is 0 Å². The maximum absolute atomic E-state index is 6.84. The first-order valence-electron chi connectivity index (χ1n) is 20.1. The van der Waals surface area contributed by atoms with Crippen LogP contribution in [0.25, 0.3) is 82.5 Å². The molecular weight excluding hydrogens is 705 g/mol. The lowest BCUT2D eigenvalue weighted by molar-refractivity contribution is 0.660. The van der Waals surface area contributed by atoms with Crippen molar-refractivity contribution >= 4 is 71.6 Å². The summed E-state index contributed by atoms with van der Waals surface area (Å²) in [7, 11) is 0. The van der Waals surface area contributed by atoms with E-state index >= 15 is 0 Å². The van der Waals surface area contributed by atoms with E-state index in [1.54, 1.807) is 0 Å². The van der Waals surface area contributed by atoms with Crippen LogP contribution in [0.4, 0.5) is 17.1 Å². The summed E-state index contributed by atoms with van der Waals surface area (Å²) >= 11 is 0. The van der Waals surface area contributed by atoms with Crippen molar-refractivity contribution in [3.63, 3.8) is 0 Å². The molecule has 0 saturated carbocycles. The third kappa shape index (κ3) is 4.74. The fourth-order valence-electron chi connectivity index (χ4n) is 9.82. The Labute approximate surface area is 336 Å². The van der Waals surface area contributed by atoms with Gasteiger partial charge in [-0.2, -0.15) is 0 Å². The van der Waals surface area contributed by atoms with E-state index in [9.17, 15) is 0 Å². The molecular formula is C55H38N2O. The Morgan fingerprint density at radius 3 is 1.84 bits per heavy atom. The molecule has 9 aromatic carbocycles. The Bertz CT molecular complexity index is 3400. The Kier molecular flexibility index (Phi) is 6.98. The van der Waals surface area contributed by atoms with Crippen LogP contribution in [-0.4, -0.2) is 4.57 Å². The largest absolute Gasteiger partial charge is 0.455 e. The van der Waals surface area contributed by atoms with Gasteiger partial charge in [-0.1, -0.05) is 147 Å². The first kappa shape index (κ1) is 32.8. The molecule has 274 valence electrons. The minimum absolute atomic E-state index is 0.151. The van der Waals surface area contributed by atoms with Gasteiger partial charge in [0.15, 0.2) is 0 Å². The van der Waals surface area contributed by atoms with Gasteiger partial charge in [0.05, 0.1) is 16.7 Å². The first-order valence-corrected chi connectivity index (χ1v) is 20.1. The monoisotopic (exact) mass is 742 g/mol. The highest BCUT2D eigenvalue weighted by Gasteiger charge is 2.36. The van der Waals surface area contributed by atoms with Crippen LogP contribution in [0.1, 0.15) is 25.0 Å². The van der Waals surface area contributed by atoms with Crippen molar-refractivity contribution in [3.05, 3.63) is 205 Å². The average molecular weight is 743 g/mol. The number of benzene rings is 9. The molecule has 3 nitrogen and oxygen atoms in total. The molecule has 0 atom stereocenters. The van der Waals surface area contributed by atoms with Gasteiger partial charge in [0.25, 0.3) is 0 Å². The Morgan fingerprint density at radius 1 is 0.431 bits per heavy atom. The number of rotatable bonds is 5. The average Bonchev–Trinajstić information content (AvgIpc) is 3.88. The first-order chi connectivity index (χ1) is 28.5. The van der Waals surface area contributed by atoms with E-state index in [0.717, 1.165) is 55.8 Å². The van der Waals surface area contributed by atoms with Crippen LogP contribution >= 0.6 is 0 Å². The standard InChI is InChI=1S/C55H38N2O/c1-55(2)48-25-9-5-19-40(48)41-30-29-39(34-49(41)55)56(37-17-13-18-38(33-37)57-51-27-11-6-20-42(51)43-21-7-12-28-52(43)57)50-26-10-8-22-44(50)45-23-14-24-46-47-31-35-15-3-4-16-36(35)32-53(47)58-54(45)46/h3-34H,1-2H3. The summed E-state index contributed by atoms with van der Waals surface area (Å²) in [5, 5.41) is 7.12. The molecule has 11 aromatic rings. The van der Waals surface area contributed by atoms with Gasteiger partial charge in [0, 0.05) is 55.1 Å². The highest BCUT2D eigenvalue weighted by Crippen LogP contribution is 2.52. The summed E-state index contributed by atoms with van der Waals surface area (Å²) in [6.45, 7) is 4.71. The van der Waals surface area contributed by atoms with Crippen molar-refractivity contribution < 1.29 is 4.42 Å². The number of nitrogens with zero attached hydrogens (tertiary/aromatic N) is 2. The number of hydrogen-bond acceptors (Lipinski definition) is 2. The van der Waals surface area contributed by atoms with Crippen LogP contribution in [0.2, 0.25) is 0 Å². The van der Waals surface area contributed by atoms with Crippen molar-refractivity contribution in [3.8, 4) is 27.9 Å². The fourth-order valence-corrected chi connectivity index (χ4v) is 9.82. The fraction of sp³-hybridized carbons (Fsp3) is 0.0545. The molecule has 58 heavy (non-hydrogen) atoms. The highest BCUT2D eigenvalue weighted by atomic mass is 16.3. The highest BCUT2D eigenvalue weighted by molar-refractivity contribution is 6.14. The summed E-state index contributed by atoms with van der Waals surface area (Å²) in [4.78, 5) is 2.45. The van der Waals surface area contributed by atoms with E-state index in [4.69, 9.17) is 4.42 Å². The normalized spacial score (nSPS) is 13.1. The second-order valence-electron chi connectivity index (χ2n) is 16.1. The zero-order chi connectivity index (χ0) is 38.5. The number of fused-ring (bicyclic) bond motifs is 10. The van der Waals surface area contributed by atoms with Gasteiger partial charge in [-0.25, -0.2) is 0 Å². The smallest absolute Gasteiger partial charge is 0.143 e. The number of aromatic nitrogens is 1. The Morgan fingerprint density at radius 2 is 1.03 bits per heavy atom. The van der Waals surface area contributed by atoms with Gasteiger partial charge < -0.3 is 13.9 Å². The molecule has 1 aliphatic rings. The number of para-hydroxylation sites is 4. The molecule has 12 rings (SSSR count). The van der Waals surface area contributed by atoms with E-state index in [0.29, 0.717) is 0 Å². The van der Waals surface area contributed by atoms with Crippen LogP contribution < -0.4 is 4.90 Å². The second kappa shape index (κ2) is 12.3. The van der Waals surface area contributed by atoms with Crippen LogP contribution in [-0.2, 0) is 5.41 Å². The van der Waals surface area contributed by atoms with E-state index in [2.05, 4.69) is 217 Å². The maximum atomic E-state index is 6.84. The molecule has 0 radical (unpaired) electrons. The van der Waals surface area contributed by atoms with Gasteiger partial charge in [-0.05, 0) is 93.7 Å². The SMILES string of the molecule is CC1(C)c2ccccc2-c2ccc(N(c3cccc(-n4c5ccccc5c5ccccc54)c3)c3ccccc3-c3cccc4c3oc3cc5ccccc5cc34)cc21. The number of furan rings is 1.